The molecule has 1 heterocycles. The van der Waals surface area contributed by atoms with Gasteiger partial charge in [0.15, 0.2) is 0 Å². The molecule has 2 unspecified atom stereocenters. The number of hydrogen-bond donors (Lipinski definition) is 1. The fourth-order valence-electron chi connectivity index (χ4n) is 7.26. The summed E-state index contributed by atoms with van der Waals surface area (Å²) >= 11 is 0. The Hall–Kier alpha value is -1.40. The third-order valence-corrected chi connectivity index (χ3v) is 10.7. The molecule has 6 nitrogen and oxygen atoms in total. The number of aliphatic hydroxyl groups excluding tert-OH is 1. The van der Waals surface area contributed by atoms with Crippen LogP contribution >= 0.6 is 0 Å². The lowest BCUT2D eigenvalue weighted by atomic mass is 9.94. The Kier molecular flexibility index (Phi) is 32.3. The zero-order valence-corrected chi connectivity index (χ0v) is 34.0. The first-order valence-electron chi connectivity index (χ1n) is 22.1. The maximum atomic E-state index is 13.0. The smallest absolute Gasteiger partial charge is 0.308 e. The van der Waals surface area contributed by atoms with Crippen molar-refractivity contribution < 1.29 is 14.6 Å². The number of hydrogen-bond acceptors (Lipinski definition) is 5. The van der Waals surface area contributed by atoms with Crippen LogP contribution in [-0.4, -0.2) is 57.9 Å². The summed E-state index contributed by atoms with van der Waals surface area (Å²) in [4.78, 5) is 19.9. The molecule has 0 saturated carbocycles. The van der Waals surface area contributed by atoms with E-state index in [0.717, 1.165) is 109 Å². The highest BCUT2D eigenvalue weighted by Crippen LogP contribution is 2.21. The molecule has 0 fully saturated rings. The zero-order chi connectivity index (χ0) is 36.3. The molecule has 6 heteroatoms. The standard InChI is InChI=1S/C44H85N3O3/c1-5-8-11-14-16-17-18-19-21-26-33-43(48)40-46(36-28-29-37-47-38-34-45-41(47)4)35-27-22-23-30-39-50-44(49)42(31-24-13-10-7-3)32-25-20-15-12-9-6-2/h34,38,42-43,48H,5-33,35-37,39-40H2,1-4H3. The van der Waals surface area contributed by atoms with Gasteiger partial charge < -0.3 is 19.3 Å². The summed E-state index contributed by atoms with van der Waals surface area (Å²) < 4.78 is 8.08. The van der Waals surface area contributed by atoms with Gasteiger partial charge in [0.05, 0.1) is 18.6 Å². The molecule has 1 rings (SSSR count). The van der Waals surface area contributed by atoms with Crippen molar-refractivity contribution in [3.05, 3.63) is 18.2 Å². The Morgan fingerprint density at radius 2 is 1.12 bits per heavy atom. The first-order chi connectivity index (χ1) is 24.5. The van der Waals surface area contributed by atoms with Crippen LogP contribution in [0.15, 0.2) is 12.4 Å². The molecule has 294 valence electrons. The molecule has 0 aromatic carbocycles. The molecular formula is C44H85N3O3. The van der Waals surface area contributed by atoms with Gasteiger partial charge in [-0.25, -0.2) is 4.98 Å². The second-order valence-corrected chi connectivity index (χ2v) is 15.5. The molecule has 1 aromatic heterocycles. The van der Waals surface area contributed by atoms with Gasteiger partial charge in [-0.3, -0.25) is 4.79 Å². The number of esters is 1. The molecule has 50 heavy (non-hydrogen) atoms. The minimum absolute atomic E-state index is 0.0588. The van der Waals surface area contributed by atoms with Crippen LogP contribution in [0.25, 0.3) is 0 Å². The minimum Gasteiger partial charge on any atom is -0.465 e. The predicted octanol–water partition coefficient (Wildman–Crippen LogP) is 12.4. The Labute approximate surface area is 311 Å². The van der Waals surface area contributed by atoms with Crippen molar-refractivity contribution in [2.75, 3.05) is 26.2 Å². The first kappa shape index (κ1) is 46.6. The van der Waals surface area contributed by atoms with E-state index in [-0.39, 0.29) is 18.0 Å². The van der Waals surface area contributed by atoms with E-state index in [1.807, 2.05) is 6.20 Å². The summed E-state index contributed by atoms with van der Waals surface area (Å²) in [5.74, 6) is 1.24. The molecular weight excluding hydrogens is 619 g/mol. The highest BCUT2D eigenvalue weighted by Gasteiger charge is 2.19. The number of nitrogens with zero attached hydrogens (tertiary/aromatic N) is 3. The summed E-state index contributed by atoms with van der Waals surface area (Å²) in [5.41, 5.74) is 0. The van der Waals surface area contributed by atoms with Crippen molar-refractivity contribution in [1.82, 2.24) is 14.5 Å². The van der Waals surface area contributed by atoms with Crippen molar-refractivity contribution in [1.29, 1.82) is 0 Å². The average Bonchev–Trinajstić information content (AvgIpc) is 3.53. The molecule has 0 saturated heterocycles. The Balaban J connectivity index is 2.35. The number of rotatable bonds is 38. The van der Waals surface area contributed by atoms with E-state index >= 15 is 0 Å². The number of aryl methyl sites for hydroxylation is 2. The SMILES string of the molecule is CCCCCCCCCCCCC(O)CN(CCCCCCOC(=O)C(CCCCCC)CCCCCCCC)CCCCn1ccnc1C. The van der Waals surface area contributed by atoms with Crippen LogP contribution in [0.3, 0.4) is 0 Å². The van der Waals surface area contributed by atoms with Gasteiger partial charge in [0, 0.05) is 25.5 Å². The lowest BCUT2D eigenvalue weighted by Gasteiger charge is -2.25. The summed E-state index contributed by atoms with van der Waals surface area (Å²) in [6.45, 7) is 13.3. The monoisotopic (exact) mass is 704 g/mol. The van der Waals surface area contributed by atoms with E-state index < -0.39 is 0 Å². The zero-order valence-electron chi connectivity index (χ0n) is 34.0. The maximum absolute atomic E-state index is 13.0. The van der Waals surface area contributed by atoms with Crippen LogP contribution in [0.5, 0.6) is 0 Å². The van der Waals surface area contributed by atoms with Crippen LogP contribution in [0, 0.1) is 12.8 Å². The van der Waals surface area contributed by atoms with E-state index in [9.17, 15) is 9.90 Å². The molecule has 2 atom stereocenters. The fourth-order valence-corrected chi connectivity index (χ4v) is 7.26. The first-order valence-corrected chi connectivity index (χ1v) is 22.1. The summed E-state index contributed by atoms with van der Waals surface area (Å²) in [5, 5.41) is 10.9. The third-order valence-electron chi connectivity index (χ3n) is 10.7. The van der Waals surface area contributed by atoms with Gasteiger partial charge in [-0.1, -0.05) is 162 Å². The van der Waals surface area contributed by atoms with Gasteiger partial charge in [-0.15, -0.1) is 0 Å². The van der Waals surface area contributed by atoms with Gasteiger partial charge >= 0.3 is 5.97 Å². The van der Waals surface area contributed by atoms with Crippen molar-refractivity contribution in [3.63, 3.8) is 0 Å². The topological polar surface area (TPSA) is 67.6 Å². The van der Waals surface area contributed by atoms with Crippen LogP contribution in [0.2, 0.25) is 0 Å². The number of unbranched alkanes of at least 4 members (excludes halogenated alkanes) is 21. The number of carbonyl (C=O) groups excluding carboxylic acids is 1. The number of imidazole rings is 1. The second-order valence-electron chi connectivity index (χ2n) is 15.5. The van der Waals surface area contributed by atoms with Crippen molar-refractivity contribution >= 4 is 5.97 Å². The molecule has 1 N–H and O–H groups in total. The van der Waals surface area contributed by atoms with Gasteiger partial charge in [-0.05, 0) is 65.0 Å². The Morgan fingerprint density at radius 3 is 1.66 bits per heavy atom. The average molecular weight is 704 g/mol. The van der Waals surface area contributed by atoms with Crippen molar-refractivity contribution in [3.8, 4) is 0 Å². The van der Waals surface area contributed by atoms with Gasteiger partial charge in [0.25, 0.3) is 0 Å². The largest absolute Gasteiger partial charge is 0.465 e. The lowest BCUT2D eigenvalue weighted by molar-refractivity contribution is -0.149. The number of aliphatic hydroxyl groups is 1. The molecule has 0 aliphatic carbocycles. The Morgan fingerprint density at radius 1 is 0.660 bits per heavy atom. The normalized spacial score (nSPS) is 12.9. The molecule has 0 radical (unpaired) electrons. The van der Waals surface area contributed by atoms with Crippen molar-refractivity contribution in [2.45, 2.75) is 227 Å². The van der Waals surface area contributed by atoms with E-state index in [1.165, 1.54) is 109 Å². The molecule has 0 aliphatic rings. The second kappa shape index (κ2) is 34.7. The van der Waals surface area contributed by atoms with Crippen LogP contribution < -0.4 is 0 Å². The minimum atomic E-state index is -0.231. The van der Waals surface area contributed by atoms with Crippen molar-refractivity contribution in [2.24, 2.45) is 5.92 Å². The summed E-state index contributed by atoms with van der Waals surface area (Å²) in [6.07, 6.45) is 39.1. The Bertz CT molecular complexity index is 859. The highest BCUT2D eigenvalue weighted by molar-refractivity contribution is 5.72. The van der Waals surface area contributed by atoms with E-state index in [1.54, 1.807) is 0 Å². The molecule has 1 aromatic rings. The van der Waals surface area contributed by atoms with Crippen LogP contribution in [0.1, 0.15) is 213 Å². The number of carbonyl (C=O) groups is 1. The fraction of sp³-hybridized carbons (Fsp3) is 0.909. The van der Waals surface area contributed by atoms with E-state index in [0.29, 0.717) is 6.61 Å². The quantitative estimate of drug-likeness (QED) is 0.0548. The summed E-state index contributed by atoms with van der Waals surface area (Å²) in [7, 11) is 0. The molecule has 0 bridgehead atoms. The number of ether oxygens (including phenoxy) is 1. The van der Waals surface area contributed by atoms with Gasteiger partial charge in [0.1, 0.15) is 5.82 Å². The maximum Gasteiger partial charge on any atom is 0.308 e. The van der Waals surface area contributed by atoms with Gasteiger partial charge in [0.2, 0.25) is 0 Å². The van der Waals surface area contributed by atoms with E-state index in [4.69, 9.17) is 4.74 Å². The highest BCUT2D eigenvalue weighted by atomic mass is 16.5. The van der Waals surface area contributed by atoms with Crippen LogP contribution in [-0.2, 0) is 16.1 Å². The van der Waals surface area contributed by atoms with Gasteiger partial charge in [-0.2, -0.15) is 0 Å². The molecule has 0 aliphatic heterocycles. The molecule has 0 spiro atoms. The summed E-state index contributed by atoms with van der Waals surface area (Å²) in [6, 6.07) is 0. The van der Waals surface area contributed by atoms with Crippen LogP contribution in [0.4, 0.5) is 0 Å². The third kappa shape index (κ3) is 27.3. The lowest BCUT2D eigenvalue weighted by Crippen LogP contribution is -2.34. The van der Waals surface area contributed by atoms with E-state index in [2.05, 4.69) is 48.3 Å². The number of aromatic nitrogens is 2. The predicted molar refractivity (Wildman–Crippen MR) is 215 cm³/mol. The molecule has 0 amide bonds.